The van der Waals surface area contributed by atoms with E-state index in [-0.39, 0.29) is 5.75 Å². The van der Waals surface area contributed by atoms with Crippen molar-refractivity contribution in [3.63, 3.8) is 0 Å². The van der Waals surface area contributed by atoms with Gasteiger partial charge >= 0.3 is 0 Å². The molecule has 0 amide bonds. The van der Waals surface area contributed by atoms with Crippen LogP contribution in [-0.2, 0) is 6.42 Å². The van der Waals surface area contributed by atoms with Gasteiger partial charge < -0.3 is 16.2 Å². The summed E-state index contributed by atoms with van der Waals surface area (Å²) >= 11 is 0. The lowest BCUT2D eigenvalue weighted by molar-refractivity contribution is 0.473. The van der Waals surface area contributed by atoms with Crippen molar-refractivity contribution in [3.05, 3.63) is 17.7 Å². The van der Waals surface area contributed by atoms with Crippen LogP contribution in [0.15, 0.2) is 12.1 Å². The van der Waals surface area contributed by atoms with Crippen LogP contribution in [0.25, 0.3) is 0 Å². The van der Waals surface area contributed by atoms with Crippen LogP contribution in [-0.4, -0.2) is 11.7 Å². The van der Waals surface area contributed by atoms with Crippen LogP contribution in [0.1, 0.15) is 5.56 Å². The minimum atomic E-state index is 0.243. The van der Waals surface area contributed by atoms with Gasteiger partial charge in [-0.1, -0.05) is 0 Å². The number of nitrogen functional groups attached to an aromatic ring is 1. The third-order valence-electron chi connectivity index (χ3n) is 2.00. The molecular weight excluding hydrogens is 140 g/mol. The number of nitrogens with one attached hydrogen (secondary N) is 1. The molecule has 3 heteroatoms. The molecule has 0 spiro atoms. The van der Waals surface area contributed by atoms with Crippen LogP contribution >= 0.6 is 0 Å². The molecule has 4 N–H and O–H groups in total. The molecule has 2 rings (SSSR count). The van der Waals surface area contributed by atoms with Crippen LogP contribution in [0, 0.1) is 0 Å². The molecule has 0 saturated carbocycles. The van der Waals surface area contributed by atoms with E-state index in [1.807, 2.05) is 6.07 Å². The Morgan fingerprint density at radius 2 is 2.27 bits per heavy atom. The fourth-order valence-corrected chi connectivity index (χ4v) is 1.40. The normalized spacial score (nSPS) is 14.2. The molecule has 0 saturated heterocycles. The Labute approximate surface area is 64.8 Å². The molecule has 0 aliphatic carbocycles. The Kier molecular flexibility index (Phi) is 1.18. The summed E-state index contributed by atoms with van der Waals surface area (Å²) in [6, 6.07) is 3.61. The standard InChI is InChI=1S/C8H10N2O/c9-6-1-2-7-5(8(6)11)3-4-10-7/h1-2,10-11H,3-4,9H2. The molecule has 1 aromatic rings. The molecule has 11 heavy (non-hydrogen) atoms. The number of hydrogen-bond donors (Lipinski definition) is 3. The van der Waals surface area contributed by atoms with Gasteiger partial charge in [-0.25, -0.2) is 0 Å². The fourth-order valence-electron chi connectivity index (χ4n) is 1.40. The first-order chi connectivity index (χ1) is 5.29. The van der Waals surface area contributed by atoms with Crippen LogP contribution in [0.2, 0.25) is 0 Å². The van der Waals surface area contributed by atoms with Crippen molar-refractivity contribution in [1.82, 2.24) is 0 Å². The number of rotatable bonds is 0. The van der Waals surface area contributed by atoms with Gasteiger partial charge in [0.2, 0.25) is 0 Å². The molecule has 58 valence electrons. The smallest absolute Gasteiger partial charge is 0.143 e. The zero-order valence-electron chi connectivity index (χ0n) is 6.09. The van der Waals surface area contributed by atoms with E-state index in [1.54, 1.807) is 6.07 Å². The lowest BCUT2D eigenvalue weighted by Crippen LogP contribution is -1.90. The van der Waals surface area contributed by atoms with Gasteiger partial charge in [-0.15, -0.1) is 0 Å². The summed E-state index contributed by atoms with van der Waals surface area (Å²) in [6.45, 7) is 0.895. The van der Waals surface area contributed by atoms with E-state index in [2.05, 4.69) is 5.32 Å². The van der Waals surface area contributed by atoms with Gasteiger partial charge in [0.05, 0.1) is 5.69 Å². The number of fused-ring (bicyclic) bond motifs is 1. The first kappa shape index (κ1) is 6.34. The number of anilines is 2. The van der Waals surface area contributed by atoms with E-state index >= 15 is 0 Å². The van der Waals surface area contributed by atoms with Crippen molar-refractivity contribution >= 4 is 11.4 Å². The van der Waals surface area contributed by atoms with Gasteiger partial charge in [0.1, 0.15) is 5.75 Å². The number of phenols is 1. The van der Waals surface area contributed by atoms with Gasteiger partial charge in [0.15, 0.2) is 0 Å². The van der Waals surface area contributed by atoms with E-state index in [0.717, 1.165) is 24.2 Å². The van der Waals surface area contributed by atoms with E-state index < -0.39 is 0 Å². The largest absolute Gasteiger partial charge is 0.505 e. The number of hydrogen-bond acceptors (Lipinski definition) is 3. The highest BCUT2D eigenvalue weighted by Gasteiger charge is 2.14. The fraction of sp³-hybridized carbons (Fsp3) is 0.250. The Morgan fingerprint density at radius 3 is 3.09 bits per heavy atom. The number of nitrogens with two attached hydrogens (primary N) is 1. The van der Waals surface area contributed by atoms with Gasteiger partial charge in [-0.3, -0.25) is 0 Å². The van der Waals surface area contributed by atoms with Gasteiger partial charge in [0.25, 0.3) is 0 Å². The predicted molar refractivity (Wildman–Crippen MR) is 44.7 cm³/mol. The number of phenolic OH excluding ortho intramolecular Hbond substituents is 1. The lowest BCUT2D eigenvalue weighted by Gasteiger charge is -2.03. The highest BCUT2D eigenvalue weighted by Crippen LogP contribution is 2.34. The van der Waals surface area contributed by atoms with E-state index in [4.69, 9.17) is 5.73 Å². The van der Waals surface area contributed by atoms with Crippen molar-refractivity contribution in [2.45, 2.75) is 6.42 Å². The highest BCUT2D eigenvalue weighted by atomic mass is 16.3. The van der Waals surface area contributed by atoms with Crippen molar-refractivity contribution < 1.29 is 5.11 Å². The Morgan fingerprint density at radius 1 is 1.45 bits per heavy atom. The molecule has 1 aliphatic rings. The summed E-state index contributed by atoms with van der Waals surface area (Å²) in [7, 11) is 0. The summed E-state index contributed by atoms with van der Waals surface area (Å²) in [5.41, 5.74) is 7.94. The Hall–Kier alpha value is -1.38. The molecule has 1 aliphatic heterocycles. The van der Waals surface area contributed by atoms with Crippen LogP contribution in [0.4, 0.5) is 11.4 Å². The molecule has 1 aromatic carbocycles. The molecule has 0 bridgehead atoms. The monoisotopic (exact) mass is 150 g/mol. The van der Waals surface area contributed by atoms with Crippen LogP contribution in [0.3, 0.4) is 0 Å². The summed E-state index contributed by atoms with van der Waals surface area (Å²) in [4.78, 5) is 0. The molecule has 0 fully saturated rings. The maximum atomic E-state index is 9.45. The zero-order valence-corrected chi connectivity index (χ0v) is 6.09. The maximum absolute atomic E-state index is 9.45. The molecule has 1 heterocycles. The average molecular weight is 150 g/mol. The molecule has 0 aromatic heterocycles. The van der Waals surface area contributed by atoms with Crippen molar-refractivity contribution in [2.75, 3.05) is 17.6 Å². The van der Waals surface area contributed by atoms with Crippen molar-refractivity contribution in [1.29, 1.82) is 0 Å². The van der Waals surface area contributed by atoms with Crippen LogP contribution < -0.4 is 11.1 Å². The van der Waals surface area contributed by atoms with Gasteiger partial charge in [-0.2, -0.15) is 0 Å². The van der Waals surface area contributed by atoms with Gasteiger partial charge in [-0.05, 0) is 18.6 Å². The summed E-state index contributed by atoms with van der Waals surface area (Å²) < 4.78 is 0. The van der Waals surface area contributed by atoms with E-state index in [0.29, 0.717) is 5.69 Å². The number of aromatic hydroxyl groups is 1. The summed E-state index contributed by atoms with van der Waals surface area (Å²) in [5, 5.41) is 12.6. The van der Waals surface area contributed by atoms with Gasteiger partial charge in [0, 0.05) is 17.8 Å². The SMILES string of the molecule is Nc1ccc2c(c1O)CCN2. The third-order valence-corrected chi connectivity index (χ3v) is 2.00. The molecular formula is C8H10N2O. The van der Waals surface area contributed by atoms with E-state index in [1.165, 1.54) is 0 Å². The highest BCUT2D eigenvalue weighted by molar-refractivity contribution is 5.69. The zero-order chi connectivity index (χ0) is 7.84. The second-order valence-electron chi connectivity index (χ2n) is 2.71. The molecule has 0 radical (unpaired) electrons. The molecule has 0 atom stereocenters. The topological polar surface area (TPSA) is 58.3 Å². The summed E-state index contributed by atoms with van der Waals surface area (Å²) in [5.74, 6) is 0.243. The first-order valence-corrected chi connectivity index (χ1v) is 3.63. The second-order valence-corrected chi connectivity index (χ2v) is 2.71. The van der Waals surface area contributed by atoms with Crippen molar-refractivity contribution in [3.8, 4) is 5.75 Å². The van der Waals surface area contributed by atoms with E-state index in [9.17, 15) is 5.11 Å². The second kappa shape index (κ2) is 2.05. The lowest BCUT2D eigenvalue weighted by atomic mass is 10.1. The van der Waals surface area contributed by atoms with Crippen molar-refractivity contribution in [2.24, 2.45) is 0 Å². The minimum absolute atomic E-state index is 0.243. The Bertz CT molecular complexity index is 296. The quantitative estimate of drug-likeness (QED) is 0.381. The summed E-state index contributed by atoms with van der Waals surface area (Å²) in [6.07, 6.45) is 0.867. The first-order valence-electron chi connectivity index (χ1n) is 3.63. The molecule has 0 unspecified atom stereocenters. The predicted octanol–water partition coefficient (Wildman–Crippen LogP) is 0.942. The average Bonchev–Trinajstić information content (AvgIpc) is 2.45. The Balaban J connectivity index is 2.62. The third kappa shape index (κ3) is 0.808. The van der Waals surface area contributed by atoms with Crippen LogP contribution in [0.5, 0.6) is 5.75 Å². The minimum Gasteiger partial charge on any atom is -0.505 e. The number of benzene rings is 1. The molecule has 3 nitrogen and oxygen atoms in total. The maximum Gasteiger partial charge on any atom is 0.143 e.